The third-order valence-corrected chi connectivity index (χ3v) is 2.24. The molecule has 1 atom stereocenters. The van der Waals surface area contributed by atoms with E-state index in [0.717, 1.165) is 0 Å². The molecule has 20 heavy (non-hydrogen) atoms. The van der Waals surface area contributed by atoms with Crippen LogP contribution in [0.25, 0.3) is 0 Å². The number of ether oxygens (including phenoxy) is 1. The number of hydrogen-bond acceptors (Lipinski definition) is 2. The Morgan fingerprint density at radius 3 is 1.85 bits per heavy atom. The van der Waals surface area contributed by atoms with Gasteiger partial charge < -0.3 is 9.53 Å². The maximum atomic E-state index is 12.5. The highest BCUT2D eigenvalue weighted by atomic mass is 19.4. The second kappa shape index (κ2) is 5.68. The van der Waals surface area contributed by atoms with E-state index in [1.807, 2.05) is 0 Å². The zero-order chi connectivity index (χ0) is 15.6. The van der Waals surface area contributed by atoms with Crippen molar-refractivity contribution < 1.29 is 40.3 Å². The number of carbonyl (C=O) groups is 1. The van der Waals surface area contributed by atoms with Crippen LogP contribution in [-0.4, -0.2) is 25.0 Å². The molecule has 0 saturated heterocycles. The predicted octanol–water partition coefficient (Wildman–Crippen LogP) is 3.77. The summed E-state index contributed by atoms with van der Waals surface area (Å²) in [6.45, 7) is 0. The van der Waals surface area contributed by atoms with Gasteiger partial charge in [-0.15, -0.1) is 0 Å². The van der Waals surface area contributed by atoms with Crippen LogP contribution in [-0.2, 0) is 4.79 Å². The molecule has 0 aromatic heterocycles. The molecule has 1 unspecified atom stereocenters. The van der Waals surface area contributed by atoms with Crippen LogP contribution in [0.1, 0.15) is 11.5 Å². The minimum Gasteiger partial charge on any atom is -0.428 e. The lowest BCUT2D eigenvalue weighted by Crippen LogP contribution is -2.33. The van der Waals surface area contributed by atoms with E-state index in [9.17, 15) is 35.5 Å². The SMILES string of the molecule is O=CC(c1ccc(OC(F)(F)C(F)F)cc1)C(F)(F)F. The van der Waals surface area contributed by atoms with Crippen LogP contribution in [0.3, 0.4) is 0 Å². The standard InChI is InChI=1S/C11H7F7O2/c12-9(13)11(17,18)20-7-3-1-6(2-4-7)8(5-19)10(14,15)16/h1-5,8-9H. The van der Waals surface area contributed by atoms with Crippen LogP contribution >= 0.6 is 0 Å². The first-order valence-corrected chi connectivity index (χ1v) is 5.05. The number of hydrogen-bond donors (Lipinski definition) is 0. The zero-order valence-corrected chi connectivity index (χ0v) is 9.50. The second-order valence-corrected chi connectivity index (χ2v) is 3.69. The van der Waals surface area contributed by atoms with Crippen LogP contribution in [0.15, 0.2) is 24.3 Å². The smallest absolute Gasteiger partial charge is 0.428 e. The Kier molecular flexibility index (Phi) is 4.61. The van der Waals surface area contributed by atoms with Crippen LogP contribution < -0.4 is 4.74 Å². The van der Waals surface area contributed by atoms with Gasteiger partial charge in [-0.3, -0.25) is 0 Å². The summed E-state index contributed by atoms with van der Waals surface area (Å²) in [7, 11) is 0. The highest BCUT2D eigenvalue weighted by Gasteiger charge is 2.44. The molecule has 2 nitrogen and oxygen atoms in total. The van der Waals surface area contributed by atoms with Crippen molar-refractivity contribution in [3.8, 4) is 5.75 Å². The minimum atomic E-state index is -4.84. The number of benzene rings is 1. The fourth-order valence-corrected chi connectivity index (χ4v) is 1.29. The molecule has 0 aliphatic rings. The third-order valence-electron chi connectivity index (χ3n) is 2.24. The van der Waals surface area contributed by atoms with Crippen LogP contribution in [0.5, 0.6) is 5.75 Å². The second-order valence-electron chi connectivity index (χ2n) is 3.69. The molecule has 1 aromatic rings. The largest absolute Gasteiger partial charge is 0.461 e. The van der Waals surface area contributed by atoms with Crippen molar-refractivity contribution in [3.05, 3.63) is 29.8 Å². The van der Waals surface area contributed by atoms with Crippen molar-refractivity contribution in [2.45, 2.75) is 24.6 Å². The molecule has 0 amide bonds. The Labute approximate surface area is 108 Å². The van der Waals surface area contributed by atoms with E-state index in [2.05, 4.69) is 4.74 Å². The Morgan fingerprint density at radius 2 is 1.50 bits per heavy atom. The molecular formula is C11H7F7O2. The van der Waals surface area contributed by atoms with Gasteiger partial charge in [0.25, 0.3) is 0 Å². The summed E-state index contributed by atoms with van der Waals surface area (Å²) in [5.41, 5.74) is -0.514. The quantitative estimate of drug-likeness (QED) is 0.611. The summed E-state index contributed by atoms with van der Waals surface area (Å²) in [5, 5.41) is 0. The molecule has 0 radical (unpaired) electrons. The van der Waals surface area contributed by atoms with Crippen molar-refractivity contribution in [1.82, 2.24) is 0 Å². The van der Waals surface area contributed by atoms with Crippen LogP contribution in [0.4, 0.5) is 30.7 Å². The van der Waals surface area contributed by atoms with E-state index >= 15 is 0 Å². The number of halogens is 7. The highest BCUT2D eigenvalue weighted by molar-refractivity contribution is 5.63. The van der Waals surface area contributed by atoms with E-state index in [4.69, 9.17) is 0 Å². The van der Waals surface area contributed by atoms with Gasteiger partial charge in [-0.2, -0.15) is 30.7 Å². The number of carbonyl (C=O) groups excluding carboxylic acids is 1. The number of rotatable bonds is 5. The molecule has 1 aromatic carbocycles. The first-order valence-electron chi connectivity index (χ1n) is 5.05. The van der Waals surface area contributed by atoms with Gasteiger partial charge in [0.05, 0.1) is 0 Å². The molecule has 0 spiro atoms. The summed E-state index contributed by atoms with van der Waals surface area (Å²) < 4.78 is 89.6. The maximum Gasteiger partial charge on any atom is 0.461 e. The molecule has 0 saturated carbocycles. The first-order chi connectivity index (χ1) is 9.08. The fourth-order valence-electron chi connectivity index (χ4n) is 1.29. The molecular weight excluding hydrogens is 297 g/mol. The van der Waals surface area contributed by atoms with Crippen LogP contribution in [0, 0.1) is 0 Å². The van der Waals surface area contributed by atoms with E-state index in [0.29, 0.717) is 24.3 Å². The summed E-state index contributed by atoms with van der Waals surface area (Å²) in [5.74, 6) is -3.17. The van der Waals surface area contributed by atoms with Crippen molar-refractivity contribution in [2.24, 2.45) is 0 Å². The molecule has 0 bridgehead atoms. The molecule has 0 aliphatic carbocycles. The molecule has 0 heterocycles. The Morgan fingerprint density at radius 1 is 1.00 bits per heavy atom. The first kappa shape index (κ1) is 16.3. The molecule has 9 heteroatoms. The maximum absolute atomic E-state index is 12.5. The van der Waals surface area contributed by atoms with E-state index in [-0.39, 0.29) is 6.29 Å². The number of aldehydes is 1. The van der Waals surface area contributed by atoms with Gasteiger partial charge in [0, 0.05) is 0 Å². The minimum absolute atomic E-state index is 0.358. The molecule has 0 aliphatic heterocycles. The Balaban J connectivity index is 2.92. The summed E-state index contributed by atoms with van der Waals surface area (Å²) >= 11 is 0. The van der Waals surface area contributed by atoms with Crippen LogP contribution in [0.2, 0.25) is 0 Å². The predicted molar refractivity (Wildman–Crippen MR) is 52.9 cm³/mol. The van der Waals surface area contributed by atoms with Gasteiger partial charge in [0.2, 0.25) is 0 Å². The van der Waals surface area contributed by atoms with Crippen molar-refractivity contribution >= 4 is 6.29 Å². The monoisotopic (exact) mass is 304 g/mol. The molecule has 1 rings (SSSR count). The fraction of sp³-hybridized carbons (Fsp3) is 0.364. The summed E-state index contributed by atoms with van der Waals surface area (Å²) in [4.78, 5) is 10.4. The highest BCUT2D eigenvalue weighted by Crippen LogP contribution is 2.34. The van der Waals surface area contributed by atoms with Gasteiger partial charge in [-0.05, 0) is 17.7 Å². The lowest BCUT2D eigenvalue weighted by Gasteiger charge is -2.18. The third kappa shape index (κ3) is 3.84. The van der Waals surface area contributed by atoms with Gasteiger partial charge in [0.15, 0.2) is 0 Å². The van der Waals surface area contributed by atoms with E-state index in [1.165, 1.54) is 0 Å². The topological polar surface area (TPSA) is 26.3 Å². The summed E-state index contributed by atoms with van der Waals surface area (Å²) in [6.07, 6.45) is -14.0. The number of alkyl halides is 7. The average Bonchev–Trinajstić information content (AvgIpc) is 2.30. The van der Waals surface area contributed by atoms with Gasteiger partial charge in [0.1, 0.15) is 18.0 Å². The zero-order valence-electron chi connectivity index (χ0n) is 9.50. The summed E-state index contributed by atoms with van der Waals surface area (Å²) in [6, 6.07) is 2.69. The van der Waals surface area contributed by atoms with E-state index < -0.39 is 35.9 Å². The lowest BCUT2D eigenvalue weighted by atomic mass is 10.0. The molecule has 0 fully saturated rings. The normalized spacial score (nSPS) is 14.2. The van der Waals surface area contributed by atoms with Crippen molar-refractivity contribution in [3.63, 3.8) is 0 Å². The van der Waals surface area contributed by atoms with Crippen molar-refractivity contribution in [1.29, 1.82) is 0 Å². The van der Waals surface area contributed by atoms with Gasteiger partial charge in [-0.25, -0.2) is 0 Å². The van der Waals surface area contributed by atoms with Gasteiger partial charge in [-0.1, -0.05) is 12.1 Å². The molecule has 112 valence electrons. The van der Waals surface area contributed by atoms with Gasteiger partial charge >= 0.3 is 18.7 Å². The Hall–Kier alpha value is -1.80. The lowest BCUT2D eigenvalue weighted by molar-refractivity contribution is -0.253. The van der Waals surface area contributed by atoms with E-state index in [1.54, 1.807) is 0 Å². The average molecular weight is 304 g/mol. The van der Waals surface area contributed by atoms with Crippen molar-refractivity contribution in [2.75, 3.05) is 0 Å². The molecule has 0 N–H and O–H groups in total. The Bertz CT molecular complexity index is 453.